The van der Waals surface area contributed by atoms with Gasteiger partial charge in [0.1, 0.15) is 5.82 Å². The van der Waals surface area contributed by atoms with Gasteiger partial charge in [0, 0.05) is 13.6 Å². The highest BCUT2D eigenvalue weighted by molar-refractivity contribution is 5.82. The van der Waals surface area contributed by atoms with Gasteiger partial charge in [-0.2, -0.15) is 0 Å². The van der Waals surface area contributed by atoms with Crippen LogP contribution in [0.5, 0.6) is 0 Å². The lowest BCUT2D eigenvalue weighted by Gasteiger charge is -2.23. The second-order valence-corrected chi connectivity index (χ2v) is 5.15. The second-order valence-electron chi connectivity index (χ2n) is 5.15. The van der Waals surface area contributed by atoms with Crippen LogP contribution in [0.15, 0.2) is 18.2 Å². The monoisotopic (exact) mass is 264 g/mol. The Morgan fingerprint density at radius 2 is 2.21 bits per heavy atom. The van der Waals surface area contributed by atoms with Crippen LogP contribution in [0.3, 0.4) is 0 Å². The number of carbonyl (C=O) groups is 1. The Kier molecular flexibility index (Phi) is 3.18. The summed E-state index contributed by atoms with van der Waals surface area (Å²) in [4.78, 5) is 16.0. The molecule has 0 aliphatic heterocycles. The topological polar surface area (TPSA) is 72.9 Å². The molecule has 1 heterocycles. The summed E-state index contributed by atoms with van der Waals surface area (Å²) in [6.45, 7) is 3.94. The summed E-state index contributed by atoms with van der Waals surface area (Å²) in [6.07, 6.45) is 0. The number of hydrogen-bond acceptors (Lipinski definition) is 3. The number of anilines is 1. The molecule has 5 nitrogen and oxygen atoms in total. The van der Waals surface area contributed by atoms with Crippen molar-refractivity contribution in [2.75, 3.05) is 12.8 Å². The molecule has 0 aliphatic rings. The van der Waals surface area contributed by atoms with Crippen molar-refractivity contribution in [1.29, 1.82) is 0 Å². The average molecular weight is 264 g/mol. The minimum Gasteiger partial charge on any atom is -0.369 e. The molecule has 0 atom stereocenters. The number of nitrogens with two attached hydrogens (primary N) is 1. The normalized spacial score (nSPS) is 11.8. The van der Waals surface area contributed by atoms with Crippen molar-refractivity contribution in [1.82, 2.24) is 14.9 Å². The molecule has 0 saturated heterocycles. The van der Waals surface area contributed by atoms with E-state index in [0.29, 0.717) is 17.6 Å². The van der Waals surface area contributed by atoms with E-state index in [4.69, 9.17) is 5.73 Å². The number of nitrogens with zero attached hydrogens (tertiary/aromatic N) is 2. The van der Waals surface area contributed by atoms with Gasteiger partial charge < -0.3 is 15.6 Å². The van der Waals surface area contributed by atoms with Crippen LogP contribution < -0.4 is 11.1 Å². The molecule has 0 aliphatic carbocycles. The third kappa shape index (κ3) is 2.38. The molecule has 1 aromatic heterocycles. The highest BCUT2D eigenvalue weighted by atomic mass is 19.1. The fraction of sp³-hybridized carbons (Fsp3) is 0.385. The molecule has 0 unspecified atom stereocenters. The maximum absolute atomic E-state index is 13.3. The van der Waals surface area contributed by atoms with Gasteiger partial charge in [-0.3, -0.25) is 4.79 Å². The highest BCUT2D eigenvalue weighted by Crippen LogP contribution is 2.25. The zero-order valence-electron chi connectivity index (χ0n) is 11.2. The van der Waals surface area contributed by atoms with Crippen LogP contribution in [-0.2, 0) is 11.3 Å². The van der Waals surface area contributed by atoms with Crippen molar-refractivity contribution in [3.63, 3.8) is 0 Å². The maximum atomic E-state index is 13.3. The number of amides is 1. The van der Waals surface area contributed by atoms with Crippen molar-refractivity contribution in [3.8, 4) is 0 Å². The van der Waals surface area contributed by atoms with Gasteiger partial charge in [0.2, 0.25) is 11.9 Å². The molecule has 0 bridgehead atoms. The Labute approximate surface area is 110 Å². The summed E-state index contributed by atoms with van der Waals surface area (Å²) in [6, 6.07) is 4.28. The second kappa shape index (κ2) is 4.53. The summed E-state index contributed by atoms with van der Waals surface area (Å²) in [5, 5.41) is 2.61. The van der Waals surface area contributed by atoms with Crippen molar-refractivity contribution in [2.45, 2.75) is 20.4 Å². The number of hydrogen-bond donors (Lipinski definition) is 2. The average Bonchev–Trinajstić information content (AvgIpc) is 2.64. The summed E-state index contributed by atoms with van der Waals surface area (Å²) in [5.74, 6) is -0.186. The number of aromatic nitrogens is 2. The van der Waals surface area contributed by atoms with Crippen LogP contribution in [0.4, 0.5) is 10.3 Å². The van der Waals surface area contributed by atoms with Crippen molar-refractivity contribution >= 4 is 22.9 Å². The van der Waals surface area contributed by atoms with E-state index in [-0.39, 0.29) is 17.7 Å². The third-order valence-electron chi connectivity index (χ3n) is 3.13. The van der Waals surface area contributed by atoms with E-state index in [2.05, 4.69) is 10.3 Å². The number of carbonyl (C=O) groups excluding carboxylic acids is 1. The quantitative estimate of drug-likeness (QED) is 0.883. The zero-order chi connectivity index (χ0) is 14.2. The molecule has 2 rings (SSSR count). The first-order valence-corrected chi connectivity index (χ1v) is 5.98. The van der Waals surface area contributed by atoms with Crippen LogP contribution in [0.1, 0.15) is 13.8 Å². The number of nitrogen functional groups attached to an aromatic ring is 1. The number of imidazole rings is 1. The fourth-order valence-electron chi connectivity index (χ4n) is 2.09. The van der Waals surface area contributed by atoms with Gasteiger partial charge in [-0.1, -0.05) is 0 Å². The molecule has 0 saturated carbocycles. The molecule has 0 radical (unpaired) electrons. The van der Waals surface area contributed by atoms with Gasteiger partial charge in [-0.15, -0.1) is 0 Å². The Bertz CT molecular complexity index is 633. The van der Waals surface area contributed by atoms with Gasteiger partial charge in [0.05, 0.1) is 16.4 Å². The fourth-order valence-corrected chi connectivity index (χ4v) is 2.09. The first kappa shape index (κ1) is 13.3. The molecule has 0 spiro atoms. The molecule has 1 amide bonds. The SMILES string of the molecule is CNC(=O)C(C)(C)Cn1c(N)nc2ccc(F)cc21. The Hall–Kier alpha value is -2.11. The molecule has 6 heteroatoms. The Morgan fingerprint density at radius 3 is 2.84 bits per heavy atom. The van der Waals surface area contributed by atoms with Crippen LogP contribution in [0.2, 0.25) is 0 Å². The zero-order valence-corrected chi connectivity index (χ0v) is 11.2. The van der Waals surface area contributed by atoms with E-state index in [1.54, 1.807) is 31.5 Å². The first-order chi connectivity index (χ1) is 8.85. The third-order valence-corrected chi connectivity index (χ3v) is 3.13. The van der Waals surface area contributed by atoms with E-state index in [9.17, 15) is 9.18 Å². The standard InChI is InChI=1S/C13H17FN4O/c1-13(2,11(19)16-3)7-18-10-6-8(14)4-5-9(10)17-12(18)15/h4-6H,7H2,1-3H3,(H2,15,17)(H,16,19). The van der Waals surface area contributed by atoms with Crippen LogP contribution in [-0.4, -0.2) is 22.5 Å². The minimum absolute atomic E-state index is 0.106. The molecule has 1 aromatic carbocycles. The van der Waals surface area contributed by atoms with E-state index in [0.717, 1.165) is 0 Å². The van der Waals surface area contributed by atoms with Gasteiger partial charge in [0.15, 0.2) is 0 Å². The maximum Gasteiger partial charge on any atom is 0.227 e. The number of benzene rings is 1. The first-order valence-electron chi connectivity index (χ1n) is 5.98. The number of nitrogens with one attached hydrogen (secondary N) is 1. The van der Waals surface area contributed by atoms with Crippen molar-refractivity contribution in [3.05, 3.63) is 24.0 Å². The summed E-state index contributed by atoms with van der Waals surface area (Å²) in [7, 11) is 1.58. The van der Waals surface area contributed by atoms with Gasteiger partial charge >= 0.3 is 0 Å². The molecular weight excluding hydrogens is 247 g/mol. The van der Waals surface area contributed by atoms with Crippen molar-refractivity contribution in [2.24, 2.45) is 5.41 Å². The Morgan fingerprint density at radius 1 is 1.53 bits per heavy atom. The van der Waals surface area contributed by atoms with E-state index < -0.39 is 5.41 Å². The summed E-state index contributed by atoms with van der Waals surface area (Å²) >= 11 is 0. The highest BCUT2D eigenvalue weighted by Gasteiger charge is 2.28. The Balaban J connectivity index is 2.48. The number of rotatable bonds is 3. The molecular formula is C13H17FN4O. The number of fused-ring (bicyclic) bond motifs is 1. The molecule has 19 heavy (non-hydrogen) atoms. The van der Waals surface area contributed by atoms with E-state index >= 15 is 0 Å². The van der Waals surface area contributed by atoms with Gasteiger partial charge in [0.25, 0.3) is 0 Å². The molecule has 0 fully saturated rings. The lowest BCUT2D eigenvalue weighted by Crippen LogP contribution is -2.37. The van der Waals surface area contributed by atoms with E-state index in [1.165, 1.54) is 12.1 Å². The van der Waals surface area contributed by atoms with E-state index in [1.807, 2.05) is 0 Å². The summed E-state index contributed by atoms with van der Waals surface area (Å²) < 4.78 is 15.0. The lowest BCUT2D eigenvalue weighted by atomic mass is 9.92. The predicted molar refractivity (Wildman–Crippen MR) is 72.0 cm³/mol. The van der Waals surface area contributed by atoms with Crippen LogP contribution >= 0.6 is 0 Å². The molecule has 102 valence electrons. The van der Waals surface area contributed by atoms with Crippen molar-refractivity contribution < 1.29 is 9.18 Å². The lowest BCUT2D eigenvalue weighted by molar-refractivity contribution is -0.129. The predicted octanol–water partition coefficient (Wildman–Crippen LogP) is 1.53. The summed E-state index contributed by atoms with van der Waals surface area (Å²) in [5.41, 5.74) is 6.40. The van der Waals surface area contributed by atoms with Crippen LogP contribution in [0.25, 0.3) is 11.0 Å². The molecule has 3 N–H and O–H groups in total. The van der Waals surface area contributed by atoms with Crippen LogP contribution in [0, 0.1) is 11.2 Å². The minimum atomic E-state index is -0.664. The van der Waals surface area contributed by atoms with Gasteiger partial charge in [-0.05, 0) is 32.0 Å². The largest absolute Gasteiger partial charge is 0.369 e. The van der Waals surface area contributed by atoms with Gasteiger partial charge in [-0.25, -0.2) is 9.37 Å². The smallest absolute Gasteiger partial charge is 0.227 e. The number of halogens is 1. The molecule has 2 aromatic rings.